The van der Waals surface area contributed by atoms with Crippen molar-refractivity contribution in [1.29, 1.82) is 0 Å². The van der Waals surface area contributed by atoms with Gasteiger partial charge in [0.05, 0.1) is 6.42 Å². The molecule has 1 aromatic heterocycles. The SMILES string of the molecule is CCCNC(=O)N1CCN(C(=O)Cc2ccn(C)c2)CC1. The van der Waals surface area contributed by atoms with Crippen molar-refractivity contribution in [1.82, 2.24) is 19.7 Å². The Labute approximate surface area is 125 Å². The number of aromatic nitrogens is 1. The summed E-state index contributed by atoms with van der Waals surface area (Å²) in [6.07, 6.45) is 5.27. The van der Waals surface area contributed by atoms with E-state index in [-0.39, 0.29) is 11.9 Å². The maximum atomic E-state index is 12.2. The zero-order valence-corrected chi connectivity index (χ0v) is 12.8. The number of aryl methyl sites for hydroxylation is 1. The molecule has 1 aromatic rings. The lowest BCUT2D eigenvalue weighted by atomic mass is 10.2. The Kier molecular flexibility index (Phi) is 5.25. The predicted octanol–water partition coefficient (Wildman–Crippen LogP) is 0.831. The van der Waals surface area contributed by atoms with Crippen molar-refractivity contribution in [3.63, 3.8) is 0 Å². The third-order valence-corrected chi connectivity index (χ3v) is 3.69. The molecule has 1 saturated heterocycles. The van der Waals surface area contributed by atoms with Crippen molar-refractivity contribution in [3.8, 4) is 0 Å². The first-order valence-electron chi connectivity index (χ1n) is 7.51. The Morgan fingerprint density at radius 3 is 2.43 bits per heavy atom. The number of hydrogen-bond donors (Lipinski definition) is 1. The van der Waals surface area contributed by atoms with Crippen molar-refractivity contribution in [2.45, 2.75) is 19.8 Å². The summed E-state index contributed by atoms with van der Waals surface area (Å²) in [5.41, 5.74) is 1.03. The molecular weight excluding hydrogens is 268 g/mol. The molecule has 0 saturated carbocycles. The predicted molar refractivity (Wildman–Crippen MR) is 81.0 cm³/mol. The van der Waals surface area contributed by atoms with Crippen LogP contribution in [0.3, 0.4) is 0 Å². The van der Waals surface area contributed by atoms with Crippen molar-refractivity contribution in [2.75, 3.05) is 32.7 Å². The second-order valence-corrected chi connectivity index (χ2v) is 5.46. The molecule has 0 bridgehead atoms. The van der Waals surface area contributed by atoms with Crippen LogP contribution in [0.2, 0.25) is 0 Å². The molecule has 0 aliphatic carbocycles. The Hall–Kier alpha value is -1.98. The highest BCUT2D eigenvalue weighted by atomic mass is 16.2. The summed E-state index contributed by atoms with van der Waals surface area (Å²) in [4.78, 5) is 27.7. The quantitative estimate of drug-likeness (QED) is 0.893. The number of nitrogens with zero attached hydrogens (tertiary/aromatic N) is 3. The third kappa shape index (κ3) is 4.24. The van der Waals surface area contributed by atoms with E-state index in [9.17, 15) is 9.59 Å². The third-order valence-electron chi connectivity index (χ3n) is 3.69. The fourth-order valence-electron chi connectivity index (χ4n) is 2.45. The van der Waals surface area contributed by atoms with Crippen LogP contribution in [0.25, 0.3) is 0 Å². The molecule has 6 nitrogen and oxygen atoms in total. The number of urea groups is 1. The lowest BCUT2D eigenvalue weighted by Gasteiger charge is -2.34. The van der Waals surface area contributed by atoms with Crippen molar-refractivity contribution in [2.24, 2.45) is 7.05 Å². The van der Waals surface area contributed by atoms with Gasteiger partial charge in [0.1, 0.15) is 0 Å². The van der Waals surface area contributed by atoms with Crippen molar-refractivity contribution in [3.05, 3.63) is 24.0 Å². The first kappa shape index (κ1) is 15.4. The Morgan fingerprint density at radius 2 is 1.86 bits per heavy atom. The summed E-state index contributed by atoms with van der Waals surface area (Å²) < 4.78 is 1.94. The highest BCUT2D eigenvalue weighted by molar-refractivity contribution is 5.79. The number of amides is 3. The molecular formula is C15H24N4O2. The van der Waals surface area contributed by atoms with Crippen LogP contribution in [0, 0.1) is 0 Å². The fourth-order valence-corrected chi connectivity index (χ4v) is 2.45. The maximum absolute atomic E-state index is 12.2. The van der Waals surface area contributed by atoms with E-state index in [1.807, 2.05) is 41.9 Å². The zero-order valence-electron chi connectivity index (χ0n) is 12.8. The monoisotopic (exact) mass is 292 g/mol. The van der Waals surface area contributed by atoms with Crippen LogP contribution in [0.15, 0.2) is 18.5 Å². The second kappa shape index (κ2) is 7.15. The molecule has 1 N–H and O–H groups in total. The van der Waals surface area contributed by atoms with Gasteiger partial charge in [-0.05, 0) is 18.1 Å². The molecule has 1 aliphatic rings. The standard InChI is InChI=1S/C15H24N4O2/c1-3-5-16-15(21)19-9-7-18(8-10-19)14(20)11-13-4-6-17(2)12-13/h4,6,12H,3,5,7-11H2,1-2H3,(H,16,21). The summed E-state index contributed by atoms with van der Waals surface area (Å²) in [7, 11) is 1.95. The number of carbonyl (C=O) groups excluding carboxylic acids is 2. The van der Waals surface area contributed by atoms with Gasteiger partial charge >= 0.3 is 6.03 Å². The topological polar surface area (TPSA) is 57.6 Å². The second-order valence-electron chi connectivity index (χ2n) is 5.46. The largest absolute Gasteiger partial charge is 0.357 e. The van der Waals surface area contributed by atoms with Gasteiger partial charge in [-0.1, -0.05) is 6.92 Å². The van der Waals surface area contributed by atoms with Crippen LogP contribution in [0.5, 0.6) is 0 Å². The molecule has 0 spiro atoms. The summed E-state index contributed by atoms with van der Waals surface area (Å²) in [5, 5.41) is 2.87. The minimum absolute atomic E-state index is 0.0213. The van der Waals surface area contributed by atoms with E-state index in [0.29, 0.717) is 39.1 Å². The summed E-state index contributed by atoms with van der Waals surface area (Å²) in [6, 6.07) is 1.94. The number of hydrogen-bond acceptors (Lipinski definition) is 2. The number of rotatable bonds is 4. The number of carbonyl (C=O) groups is 2. The average Bonchev–Trinajstić information content (AvgIpc) is 2.90. The Morgan fingerprint density at radius 1 is 1.19 bits per heavy atom. The Balaban J connectivity index is 1.78. The lowest BCUT2D eigenvalue weighted by molar-refractivity contribution is -0.131. The van der Waals surface area contributed by atoms with Gasteiger partial charge < -0.3 is 19.7 Å². The van der Waals surface area contributed by atoms with E-state index >= 15 is 0 Å². The molecule has 6 heteroatoms. The van der Waals surface area contributed by atoms with Crippen LogP contribution in [-0.4, -0.2) is 59.0 Å². The molecule has 1 fully saturated rings. The highest BCUT2D eigenvalue weighted by Gasteiger charge is 2.23. The Bertz CT molecular complexity index is 490. The highest BCUT2D eigenvalue weighted by Crippen LogP contribution is 2.07. The van der Waals surface area contributed by atoms with E-state index in [0.717, 1.165) is 12.0 Å². The first-order valence-corrected chi connectivity index (χ1v) is 7.51. The average molecular weight is 292 g/mol. The molecule has 0 atom stereocenters. The number of nitrogens with one attached hydrogen (secondary N) is 1. The van der Waals surface area contributed by atoms with Gasteiger partial charge in [-0.25, -0.2) is 4.79 Å². The van der Waals surface area contributed by atoms with Crippen LogP contribution in [0.4, 0.5) is 4.79 Å². The van der Waals surface area contributed by atoms with E-state index in [1.165, 1.54) is 0 Å². The van der Waals surface area contributed by atoms with Gasteiger partial charge in [-0.3, -0.25) is 4.79 Å². The minimum atomic E-state index is -0.0213. The lowest BCUT2D eigenvalue weighted by Crippen LogP contribution is -2.53. The van der Waals surface area contributed by atoms with Crippen LogP contribution < -0.4 is 5.32 Å². The van der Waals surface area contributed by atoms with E-state index in [2.05, 4.69) is 5.32 Å². The summed E-state index contributed by atoms with van der Waals surface area (Å²) >= 11 is 0. The van der Waals surface area contributed by atoms with Crippen LogP contribution in [0.1, 0.15) is 18.9 Å². The van der Waals surface area contributed by atoms with Gasteiger partial charge in [-0.15, -0.1) is 0 Å². The van der Waals surface area contributed by atoms with Gasteiger partial charge in [-0.2, -0.15) is 0 Å². The van der Waals surface area contributed by atoms with E-state index in [4.69, 9.17) is 0 Å². The molecule has 0 radical (unpaired) electrons. The molecule has 0 unspecified atom stereocenters. The number of piperazine rings is 1. The molecule has 21 heavy (non-hydrogen) atoms. The van der Waals surface area contributed by atoms with Gasteiger partial charge in [0.15, 0.2) is 0 Å². The van der Waals surface area contributed by atoms with Crippen molar-refractivity contribution < 1.29 is 9.59 Å². The van der Waals surface area contributed by atoms with E-state index < -0.39 is 0 Å². The smallest absolute Gasteiger partial charge is 0.317 e. The summed E-state index contributed by atoms with van der Waals surface area (Å²) in [5.74, 6) is 0.134. The molecule has 2 heterocycles. The van der Waals surface area contributed by atoms with Crippen LogP contribution in [-0.2, 0) is 18.3 Å². The van der Waals surface area contributed by atoms with Crippen molar-refractivity contribution >= 4 is 11.9 Å². The van der Waals surface area contributed by atoms with Gasteiger partial charge in [0.25, 0.3) is 0 Å². The molecule has 2 rings (SSSR count). The molecule has 3 amide bonds. The first-order chi connectivity index (χ1) is 10.1. The van der Waals surface area contributed by atoms with Crippen LogP contribution >= 0.6 is 0 Å². The zero-order chi connectivity index (χ0) is 15.2. The fraction of sp³-hybridized carbons (Fsp3) is 0.600. The molecule has 0 aromatic carbocycles. The van der Waals surface area contributed by atoms with Gasteiger partial charge in [0.2, 0.25) is 5.91 Å². The van der Waals surface area contributed by atoms with Gasteiger partial charge in [0, 0.05) is 52.2 Å². The normalized spacial score (nSPS) is 15.1. The maximum Gasteiger partial charge on any atom is 0.317 e. The summed E-state index contributed by atoms with van der Waals surface area (Å²) in [6.45, 7) is 5.18. The minimum Gasteiger partial charge on any atom is -0.357 e. The molecule has 1 aliphatic heterocycles. The molecule has 116 valence electrons. The van der Waals surface area contributed by atoms with E-state index in [1.54, 1.807) is 4.90 Å².